The Hall–Kier alpha value is -2.89. The number of hydrogen-bond donors (Lipinski definition) is 0. The van der Waals surface area contributed by atoms with Crippen LogP contribution in [-0.2, 0) is 0 Å². The number of anilines is 3. The Morgan fingerprint density at radius 2 is 0.848 bits per heavy atom. The molecule has 0 spiro atoms. The van der Waals surface area contributed by atoms with Crippen LogP contribution in [-0.4, -0.2) is 0 Å². The lowest BCUT2D eigenvalue weighted by atomic mass is 10.0. The molecule has 0 aliphatic carbocycles. The summed E-state index contributed by atoms with van der Waals surface area (Å²) in [5.41, 5.74) is 8.22. The predicted octanol–water partition coefficient (Wildman–Crippen LogP) is 9.86. The minimum atomic E-state index is 1.09. The first-order valence-corrected chi connectivity index (χ1v) is 12.6. The molecule has 0 aliphatic heterocycles. The first-order chi connectivity index (χ1) is 16.2. The Bertz CT molecular complexity index is 1270. The normalized spacial score (nSPS) is 10.7. The number of rotatable bonds is 5. The van der Waals surface area contributed by atoms with Gasteiger partial charge in [-0.15, -0.1) is 0 Å². The van der Waals surface area contributed by atoms with Crippen molar-refractivity contribution in [2.75, 3.05) is 4.90 Å². The summed E-state index contributed by atoms with van der Waals surface area (Å²) in [7, 11) is 0. The van der Waals surface area contributed by atoms with Gasteiger partial charge in [0, 0.05) is 25.1 Å². The van der Waals surface area contributed by atoms with Gasteiger partial charge in [0.15, 0.2) is 0 Å². The van der Waals surface area contributed by atoms with E-state index in [1.165, 1.54) is 25.8 Å². The summed E-state index contributed by atoms with van der Waals surface area (Å²) in [5.74, 6) is 0. The Labute approximate surface area is 217 Å². The molecule has 0 saturated heterocycles. The number of nitrogens with zero attached hydrogens (tertiary/aromatic N) is 1. The van der Waals surface area contributed by atoms with Gasteiger partial charge in [-0.05, 0) is 103 Å². The molecule has 1 nitrogen and oxygen atoms in total. The SMILES string of the molecule is Brc1cc(N(c2ccc(-c3ccccc3)cc2)c2ccc(-c3ccccc3)cc2)ccc1I. The van der Waals surface area contributed by atoms with Crippen molar-refractivity contribution in [2.24, 2.45) is 0 Å². The maximum Gasteiger partial charge on any atom is 0.0473 e. The van der Waals surface area contributed by atoms with Crippen molar-refractivity contribution in [3.63, 3.8) is 0 Å². The molecular weight excluding hydrogens is 581 g/mol. The molecule has 0 saturated carbocycles. The summed E-state index contributed by atoms with van der Waals surface area (Å²) < 4.78 is 2.28. The van der Waals surface area contributed by atoms with Gasteiger partial charge < -0.3 is 4.90 Å². The summed E-state index contributed by atoms with van der Waals surface area (Å²) in [6, 6.07) is 45.0. The predicted molar refractivity (Wildman–Crippen MR) is 152 cm³/mol. The van der Waals surface area contributed by atoms with Crippen molar-refractivity contribution in [1.29, 1.82) is 0 Å². The molecule has 0 amide bonds. The molecule has 0 heterocycles. The molecule has 0 bridgehead atoms. The number of halogens is 2. The summed E-state index contributed by atoms with van der Waals surface area (Å²) in [5, 5.41) is 0. The monoisotopic (exact) mass is 601 g/mol. The van der Waals surface area contributed by atoms with E-state index in [0.29, 0.717) is 0 Å². The molecule has 5 aromatic carbocycles. The second-order valence-corrected chi connectivity index (χ2v) is 9.78. The quantitative estimate of drug-likeness (QED) is 0.181. The summed E-state index contributed by atoms with van der Waals surface area (Å²) in [6.07, 6.45) is 0. The zero-order valence-corrected chi connectivity index (χ0v) is 21.6. The van der Waals surface area contributed by atoms with Crippen LogP contribution in [0.25, 0.3) is 22.3 Å². The van der Waals surface area contributed by atoms with E-state index in [-0.39, 0.29) is 0 Å². The third-order valence-corrected chi connectivity index (χ3v) is 7.96. The van der Waals surface area contributed by atoms with Crippen molar-refractivity contribution in [3.05, 3.63) is 135 Å². The Morgan fingerprint density at radius 3 is 1.27 bits per heavy atom. The third-order valence-electron chi connectivity index (χ3n) is 5.63. The van der Waals surface area contributed by atoms with E-state index in [9.17, 15) is 0 Å². The number of benzene rings is 5. The fourth-order valence-electron chi connectivity index (χ4n) is 3.94. The molecule has 160 valence electrons. The van der Waals surface area contributed by atoms with Crippen molar-refractivity contribution >= 4 is 55.6 Å². The van der Waals surface area contributed by atoms with Gasteiger partial charge in [0.25, 0.3) is 0 Å². The van der Waals surface area contributed by atoms with Crippen LogP contribution in [0.2, 0.25) is 0 Å². The van der Waals surface area contributed by atoms with Gasteiger partial charge in [-0.2, -0.15) is 0 Å². The molecule has 0 aromatic heterocycles. The van der Waals surface area contributed by atoms with Gasteiger partial charge in [0.2, 0.25) is 0 Å². The molecule has 0 aliphatic rings. The van der Waals surface area contributed by atoms with Crippen LogP contribution >= 0.6 is 38.5 Å². The van der Waals surface area contributed by atoms with Gasteiger partial charge in [-0.1, -0.05) is 84.9 Å². The number of hydrogen-bond acceptors (Lipinski definition) is 1. The van der Waals surface area contributed by atoms with E-state index in [1.807, 2.05) is 12.1 Å². The van der Waals surface area contributed by atoms with Crippen molar-refractivity contribution in [2.45, 2.75) is 0 Å². The molecule has 33 heavy (non-hydrogen) atoms. The van der Waals surface area contributed by atoms with Crippen molar-refractivity contribution < 1.29 is 0 Å². The minimum absolute atomic E-state index is 1.09. The van der Waals surface area contributed by atoms with Gasteiger partial charge in [0.05, 0.1) is 0 Å². The molecule has 0 N–H and O–H groups in total. The third kappa shape index (κ3) is 4.90. The summed E-state index contributed by atoms with van der Waals surface area (Å²) in [6.45, 7) is 0. The van der Waals surface area contributed by atoms with Crippen molar-refractivity contribution in [3.8, 4) is 22.3 Å². The second kappa shape index (κ2) is 9.94. The van der Waals surface area contributed by atoms with E-state index >= 15 is 0 Å². The van der Waals surface area contributed by atoms with Gasteiger partial charge >= 0.3 is 0 Å². The average Bonchev–Trinajstić information content (AvgIpc) is 2.88. The van der Waals surface area contributed by atoms with Crippen LogP contribution < -0.4 is 4.90 Å². The lowest BCUT2D eigenvalue weighted by molar-refractivity contribution is 1.28. The summed E-state index contributed by atoms with van der Waals surface area (Å²) >= 11 is 6.06. The topological polar surface area (TPSA) is 3.24 Å². The van der Waals surface area contributed by atoms with Crippen molar-refractivity contribution in [1.82, 2.24) is 0 Å². The molecule has 0 unspecified atom stereocenters. The van der Waals surface area contributed by atoms with Gasteiger partial charge in [-0.3, -0.25) is 0 Å². The summed E-state index contributed by atoms with van der Waals surface area (Å²) in [4.78, 5) is 2.30. The highest BCUT2D eigenvalue weighted by Gasteiger charge is 2.14. The maximum atomic E-state index is 3.71. The van der Waals surface area contributed by atoms with E-state index in [2.05, 4.69) is 159 Å². The fourth-order valence-corrected chi connectivity index (χ4v) is 4.64. The average molecular weight is 602 g/mol. The molecule has 0 fully saturated rings. The van der Waals surface area contributed by atoms with Gasteiger partial charge in [-0.25, -0.2) is 0 Å². The maximum absolute atomic E-state index is 3.71. The Kier molecular flexibility index (Phi) is 6.60. The fraction of sp³-hybridized carbons (Fsp3) is 0. The first kappa shape index (κ1) is 21.9. The highest BCUT2D eigenvalue weighted by atomic mass is 127. The van der Waals surface area contributed by atoms with Crippen LogP contribution in [0.4, 0.5) is 17.1 Å². The van der Waals surface area contributed by atoms with Crippen LogP contribution in [0.3, 0.4) is 0 Å². The van der Waals surface area contributed by atoms with E-state index < -0.39 is 0 Å². The highest BCUT2D eigenvalue weighted by molar-refractivity contribution is 14.1. The van der Waals surface area contributed by atoms with Gasteiger partial charge in [0.1, 0.15) is 0 Å². The lowest BCUT2D eigenvalue weighted by Gasteiger charge is -2.26. The van der Waals surface area contributed by atoms with Crippen LogP contribution in [0.15, 0.2) is 132 Å². The molecule has 5 rings (SSSR count). The highest BCUT2D eigenvalue weighted by Crippen LogP contribution is 2.38. The standard InChI is InChI=1S/C30H21BrIN/c31-29-21-28(19-20-30(29)32)33(26-15-11-24(12-16-26)22-7-3-1-4-8-22)27-17-13-25(14-18-27)23-9-5-2-6-10-23/h1-21H. The molecule has 5 aromatic rings. The smallest absolute Gasteiger partial charge is 0.0473 e. The zero-order valence-electron chi connectivity index (χ0n) is 17.8. The molecule has 0 atom stereocenters. The zero-order chi connectivity index (χ0) is 22.6. The molecular formula is C30H21BrIN. The Morgan fingerprint density at radius 1 is 0.455 bits per heavy atom. The van der Waals surface area contributed by atoms with Crippen LogP contribution in [0.5, 0.6) is 0 Å². The molecule has 3 heteroatoms. The minimum Gasteiger partial charge on any atom is -0.310 e. The largest absolute Gasteiger partial charge is 0.310 e. The Balaban J connectivity index is 1.56. The van der Waals surface area contributed by atoms with Crippen LogP contribution in [0.1, 0.15) is 0 Å². The van der Waals surface area contributed by atoms with E-state index in [0.717, 1.165) is 21.5 Å². The molecule has 0 radical (unpaired) electrons. The van der Waals surface area contributed by atoms with E-state index in [4.69, 9.17) is 0 Å². The second-order valence-electron chi connectivity index (χ2n) is 7.76. The lowest BCUT2D eigenvalue weighted by Crippen LogP contribution is -2.10. The first-order valence-electron chi connectivity index (χ1n) is 10.8. The van der Waals surface area contributed by atoms with Crippen LogP contribution in [0, 0.1) is 3.57 Å². The van der Waals surface area contributed by atoms with E-state index in [1.54, 1.807) is 0 Å².